The Morgan fingerprint density at radius 2 is 1.17 bits per heavy atom. The van der Waals surface area contributed by atoms with E-state index < -0.39 is 149 Å². The summed E-state index contributed by atoms with van der Waals surface area (Å²) in [6.07, 6.45) is 5.37. The highest BCUT2D eigenvalue weighted by Gasteiger charge is 2.72. The molecule has 89 heavy (non-hydrogen) atoms. The lowest BCUT2D eigenvalue weighted by Crippen LogP contribution is -2.51. The third-order valence-corrected chi connectivity index (χ3v) is 45.2. The fraction of sp³-hybridized carbons (Fsp3) is 0.882. The van der Waals surface area contributed by atoms with E-state index in [1.165, 1.54) is 22.7 Å². The van der Waals surface area contributed by atoms with Crippen molar-refractivity contribution in [2.24, 2.45) is 124 Å². The van der Waals surface area contributed by atoms with Gasteiger partial charge in [0.1, 0.15) is 23.4 Å². The number of fused-ring (bicyclic) bond motifs is 6. The minimum absolute atomic E-state index is 0.0508. The van der Waals surface area contributed by atoms with E-state index >= 15 is 9.59 Å². The van der Waals surface area contributed by atoms with Crippen LogP contribution in [0.15, 0.2) is 0 Å². The molecule has 2 aliphatic heterocycles. The number of hydrogen-bond acceptors (Lipinski definition) is 16. The fourth-order valence-corrected chi connectivity index (χ4v) is 46.0. The molecule has 2 N–H and O–H groups in total. The molecule has 21 heteroatoms. The Hall–Kier alpha value is -3.25. The van der Waals surface area contributed by atoms with E-state index in [2.05, 4.69) is 33.1 Å². The van der Waals surface area contributed by atoms with E-state index in [1.807, 2.05) is 83.1 Å². The lowest BCUT2D eigenvalue weighted by molar-refractivity contribution is -0.170. The van der Waals surface area contributed by atoms with E-state index in [9.17, 15) is 39.0 Å². The van der Waals surface area contributed by atoms with Crippen LogP contribution >= 0.6 is 0 Å². The van der Waals surface area contributed by atoms with Gasteiger partial charge in [-0.15, -0.1) is 0 Å². The first kappa shape index (κ1) is 71.6. The maximum Gasteiger partial charge on any atom is 0.317 e. The molecule has 20 atom stereocenters. The molecule has 0 aromatic heterocycles. The highest BCUT2D eigenvalue weighted by atomic mass is 28.4. The summed E-state index contributed by atoms with van der Waals surface area (Å²) < 4.78 is 43.4. The first-order valence-electron chi connectivity index (χ1n) is 34.2. The molecule has 6 bridgehead atoms. The summed E-state index contributed by atoms with van der Waals surface area (Å²) in [5.41, 5.74) is 1.96. The monoisotopic (exact) mass is 1310 g/mol. The van der Waals surface area contributed by atoms with Gasteiger partial charge in [-0.25, -0.2) is 0 Å². The third kappa shape index (κ3) is 15.5. The smallest absolute Gasteiger partial charge is 0.317 e. The second-order valence-electron chi connectivity index (χ2n) is 32.4. The lowest BCUT2D eigenvalue weighted by atomic mass is 9.54. The molecule has 0 aromatic rings. The topological polar surface area (TPSA) is 242 Å². The van der Waals surface area contributed by atoms with Crippen molar-refractivity contribution in [1.82, 2.24) is 0 Å². The maximum atomic E-state index is 15.2. The Kier molecular flexibility index (Phi) is 22.5. The first-order chi connectivity index (χ1) is 41.5. The molecule has 8 aliphatic rings. The highest BCUT2D eigenvalue weighted by molar-refractivity contribution is 6.98. The maximum absolute atomic E-state index is 15.2. The molecule has 6 aliphatic carbocycles. The number of aliphatic hydroxyl groups excluding tert-OH is 1. The van der Waals surface area contributed by atoms with Crippen LogP contribution in [0.3, 0.4) is 0 Å². The van der Waals surface area contributed by atoms with Crippen LogP contribution in [0, 0.1) is 124 Å². The Morgan fingerprint density at radius 3 is 1.71 bits per heavy atom. The second-order valence-corrected chi connectivity index (χ2v) is 47.0. The van der Waals surface area contributed by atoms with Crippen LogP contribution in [-0.2, 0) is 71.2 Å². The summed E-state index contributed by atoms with van der Waals surface area (Å²) >= 11 is 0. The molecule has 3 radical (unpaired) electrons. The first-order valence-corrected chi connectivity index (χ1v) is 44.3. The van der Waals surface area contributed by atoms with Crippen LogP contribution in [0.1, 0.15) is 161 Å². The molecule has 501 valence electrons. The van der Waals surface area contributed by atoms with Crippen LogP contribution in [0.4, 0.5) is 0 Å². The van der Waals surface area contributed by atoms with Crippen molar-refractivity contribution in [1.29, 1.82) is 0 Å². The van der Waals surface area contributed by atoms with Gasteiger partial charge in [0, 0.05) is 31.8 Å². The van der Waals surface area contributed by atoms with Crippen molar-refractivity contribution in [3.63, 3.8) is 0 Å². The lowest BCUT2D eigenvalue weighted by Gasteiger charge is -2.48. The summed E-state index contributed by atoms with van der Waals surface area (Å²) in [6, 6.07) is 0. The molecule has 2 saturated heterocycles. The van der Waals surface area contributed by atoms with Gasteiger partial charge in [-0.3, -0.25) is 38.4 Å². The van der Waals surface area contributed by atoms with Gasteiger partial charge < -0.3 is 43.1 Å². The number of aliphatic hydroxyl groups is 1. The molecule has 0 spiro atoms. The van der Waals surface area contributed by atoms with Crippen LogP contribution in [0.5, 0.6) is 0 Å². The zero-order valence-corrected chi connectivity index (χ0v) is 61.0. The molecular weight excluding hydrogens is 1200 g/mol. The van der Waals surface area contributed by atoms with Gasteiger partial charge in [0.25, 0.3) is 0 Å². The summed E-state index contributed by atoms with van der Waals surface area (Å²) in [6.45, 7) is 34.4. The highest BCUT2D eigenvalue weighted by Crippen LogP contribution is 2.71. The number of ether oxygens (including phenoxy) is 6. The predicted molar refractivity (Wildman–Crippen MR) is 343 cm³/mol. The Morgan fingerprint density at radius 1 is 0.629 bits per heavy atom. The minimum atomic E-state index is -2.01. The average molecular weight is 1310 g/mol. The van der Waals surface area contributed by atoms with E-state index in [0.29, 0.717) is 70.8 Å². The molecular formula is C68H111O17Si4. The predicted octanol–water partition coefficient (Wildman–Crippen LogP) is 11.2. The van der Waals surface area contributed by atoms with Crippen molar-refractivity contribution in [3.8, 4) is 0 Å². The number of carboxylic acids is 1. The summed E-state index contributed by atoms with van der Waals surface area (Å²) in [4.78, 5) is 115. The van der Waals surface area contributed by atoms with Crippen LogP contribution in [0.25, 0.3) is 0 Å². The van der Waals surface area contributed by atoms with E-state index in [0.717, 1.165) is 0 Å². The standard InChI is InChI=1S/C68H111O17Si4/c1-18-37(4)58(72)84-66(10,11)21-22-67(12,13)85-59(73)38(5)25-44-43-26-40(28-46(43)60(74)79-23-24-81-89(17)35-87(15)33-86(14)34-88(16)36-89)50(44)55-56(64(78)82-63(55)77)52-45-27-41(29-47(45)61(75)83-65(7,8)9)51(52)49-39(6)42-30-48(49)54(53(42)57(70)71)62(76)80-32-68(19-2,20-3)31-69/h37-56,69H,18-36H2,1-17H3,(H,70,71). The van der Waals surface area contributed by atoms with Crippen molar-refractivity contribution in [3.05, 3.63) is 0 Å². The van der Waals surface area contributed by atoms with Crippen LogP contribution in [0.2, 0.25) is 48.9 Å². The Bertz CT molecular complexity index is 2580. The van der Waals surface area contributed by atoms with Crippen LogP contribution in [-0.4, -0.2) is 136 Å². The summed E-state index contributed by atoms with van der Waals surface area (Å²) in [7, 11) is -3.30. The molecule has 17 nitrogen and oxygen atoms in total. The SMILES string of the molecule is CCC(C)C(=O)OC(C)(C)CCC(C)(C)OC(=O)C(C)CC1C2CC(CC2C(=O)OCCO[Si]2(C)C[Si](C)C[Si](C)C[Si](C)C2)C1C1C(=O)OC(=O)C1C1C2CC(CC2C(=O)OC(C)(C)C)C1C1C(C)C2CC1C(C(=O)OCC(CC)(CC)CO)C2C(=O)O. The van der Waals surface area contributed by atoms with Crippen molar-refractivity contribution in [2.45, 2.75) is 226 Å². The summed E-state index contributed by atoms with van der Waals surface area (Å²) in [5.74, 6) is -14.5. The molecule has 2 heterocycles. The number of carbonyl (C=O) groups is 8. The van der Waals surface area contributed by atoms with Gasteiger partial charge >= 0.3 is 47.8 Å². The number of aliphatic carboxylic acids is 1. The molecule has 0 aromatic carbocycles. The number of carbonyl (C=O) groups excluding carboxylic acids is 7. The fourth-order valence-electron chi connectivity index (χ4n) is 19.6. The number of cyclic esters (lactones) is 2. The van der Waals surface area contributed by atoms with Crippen molar-refractivity contribution in [2.75, 3.05) is 26.4 Å². The number of rotatable bonds is 26. The van der Waals surface area contributed by atoms with Crippen molar-refractivity contribution >= 4 is 82.5 Å². The Labute approximate surface area is 537 Å². The van der Waals surface area contributed by atoms with E-state index in [-0.39, 0.29) is 100 Å². The zero-order valence-electron chi connectivity index (χ0n) is 57.0. The van der Waals surface area contributed by atoms with Gasteiger partial charge in [0.15, 0.2) is 8.32 Å². The van der Waals surface area contributed by atoms with E-state index in [4.69, 9.17) is 32.8 Å². The van der Waals surface area contributed by atoms with Crippen molar-refractivity contribution < 1.29 is 81.4 Å². The molecule has 20 unspecified atom stereocenters. The normalized spacial score (nSPS) is 35.5. The zero-order chi connectivity index (χ0) is 65.8. The van der Waals surface area contributed by atoms with Gasteiger partial charge in [0.05, 0.1) is 67.2 Å². The van der Waals surface area contributed by atoms with Gasteiger partial charge in [0.2, 0.25) is 0 Å². The molecule has 8 fully saturated rings. The number of esters is 7. The van der Waals surface area contributed by atoms with Crippen LogP contribution < -0.4 is 0 Å². The quantitative estimate of drug-likeness (QED) is 0.0269. The average Bonchev–Trinajstić information content (AvgIpc) is 1.54. The van der Waals surface area contributed by atoms with Gasteiger partial charge in [-0.05, 0) is 208 Å². The minimum Gasteiger partial charge on any atom is -0.481 e. The Balaban J connectivity index is 1.10. The third-order valence-electron chi connectivity index (χ3n) is 23.8. The molecule has 0 amide bonds. The summed E-state index contributed by atoms with van der Waals surface area (Å²) in [5, 5.41) is 21.3. The van der Waals surface area contributed by atoms with Gasteiger partial charge in [-0.1, -0.05) is 72.5 Å². The molecule has 6 saturated carbocycles. The number of hydrogen-bond donors (Lipinski definition) is 2. The largest absolute Gasteiger partial charge is 0.481 e. The van der Waals surface area contributed by atoms with E-state index in [1.54, 1.807) is 0 Å². The number of carboxylic acid groups (broad SMARTS) is 1. The molecule has 8 rings (SSSR count). The van der Waals surface area contributed by atoms with Gasteiger partial charge in [-0.2, -0.15) is 0 Å². The second kappa shape index (κ2) is 28.0.